The number of hydrogen-bond acceptors (Lipinski definition) is 7. The van der Waals surface area contributed by atoms with Crippen molar-refractivity contribution in [2.45, 2.75) is 6.36 Å². The number of halogens is 4. The minimum absolute atomic E-state index is 0.0106. The minimum Gasteiger partial charge on any atom is -0.508 e. The molecule has 0 saturated heterocycles. The third kappa shape index (κ3) is 6.89. The molecule has 3 aromatic rings. The zero-order valence-electron chi connectivity index (χ0n) is 17.2. The average molecular weight is 468 g/mol. The van der Waals surface area contributed by atoms with Crippen molar-refractivity contribution in [3.05, 3.63) is 53.6 Å². The number of anilines is 3. The predicted octanol–water partition coefficient (Wildman–Crippen LogP) is 5.12. The number of rotatable bonds is 8. The topological polar surface area (TPSA) is 82.5 Å². The van der Waals surface area contributed by atoms with Gasteiger partial charge in [-0.1, -0.05) is 23.7 Å². The Balaban J connectivity index is 1.95. The number of hydrogen-bond donors (Lipinski definition) is 3. The van der Waals surface area contributed by atoms with Crippen molar-refractivity contribution in [2.75, 3.05) is 37.8 Å². The molecule has 3 N–H and O–H groups in total. The molecule has 32 heavy (non-hydrogen) atoms. The van der Waals surface area contributed by atoms with Gasteiger partial charge in [0.2, 0.25) is 5.95 Å². The smallest absolute Gasteiger partial charge is 0.508 e. The number of aromatic hydroxyl groups is 1. The molecule has 11 heteroatoms. The first-order valence-electron chi connectivity index (χ1n) is 9.48. The van der Waals surface area contributed by atoms with Crippen molar-refractivity contribution in [3.8, 4) is 22.8 Å². The van der Waals surface area contributed by atoms with Crippen molar-refractivity contribution in [2.24, 2.45) is 0 Å². The molecule has 0 unspecified atom stereocenters. The van der Waals surface area contributed by atoms with Crippen molar-refractivity contribution >= 4 is 29.1 Å². The van der Waals surface area contributed by atoms with Gasteiger partial charge in [0.1, 0.15) is 17.3 Å². The lowest BCUT2D eigenvalue weighted by molar-refractivity contribution is -0.274. The summed E-state index contributed by atoms with van der Waals surface area (Å²) in [5.74, 6) is 0.296. The van der Waals surface area contributed by atoms with E-state index in [-0.39, 0.29) is 22.5 Å². The van der Waals surface area contributed by atoms with E-state index in [1.54, 1.807) is 18.2 Å². The van der Waals surface area contributed by atoms with Gasteiger partial charge in [0.05, 0.1) is 16.4 Å². The molecule has 7 nitrogen and oxygen atoms in total. The first-order valence-corrected chi connectivity index (χ1v) is 9.86. The highest BCUT2D eigenvalue weighted by molar-refractivity contribution is 6.33. The fraction of sp³-hybridized carbons (Fsp3) is 0.238. The molecule has 0 aliphatic carbocycles. The maximum absolute atomic E-state index is 12.6. The summed E-state index contributed by atoms with van der Waals surface area (Å²) in [6, 6.07) is 11.5. The lowest BCUT2D eigenvalue weighted by Crippen LogP contribution is -2.21. The van der Waals surface area contributed by atoms with Gasteiger partial charge in [-0.25, -0.2) is 4.98 Å². The maximum atomic E-state index is 12.6. The largest absolute Gasteiger partial charge is 0.573 e. The van der Waals surface area contributed by atoms with Crippen molar-refractivity contribution < 1.29 is 23.0 Å². The Kier molecular flexibility index (Phi) is 7.26. The van der Waals surface area contributed by atoms with E-state index in [0.29, 0.717) is 29.3 Å². The molecule has 1 heterocycles. The Morgan fingerprint density at radius 3 is 2.56 bits per heavy atom. The van der Waals surface area contributed by atoms with Gasteiger partial charge in [0.25, 0.3) is 0 Å². The highest BCUT2D eigenvalue weighted by Crippen LogP contribution is 2.31. The van der Waals surface area contributed by atoms with Crippen LogP contribution in [0.5, 0.6) is 11.5 Å². The number of alkyl halides is 3. The van der Waals surface area contributed by atoms with Gasteiger partial charge in [0.15, 0.2) is 0 Å². The summed E-state index contributed by atoms with van der Waals surface area (Å²) in [6.07, 6.45) is -4.80. The number of aromatic nitrogens is 2. The molecule has 0 radical (unpaired) electrons. The van der Waals surface area contributed by atoms with Gasteiger partial charge in [-0.2, -0.15) is 4.98 Å². The summed E-state index contributed by atoms with van der Waals surface area (Å²) in [5.41, 5.74) is 1.27. The second-order valence-electron chi connectivity index (χ2n) is 7.06. The van der Waals surface area contributed by atoms with E-state index in [1.807, 2.05) is 19.0 Å². The van der Waals surface area contributed by atoms with Crippen LogP contribution in [0.4, 0.5) is 30.6 Å². The van der Waals surface area contributed by atoms with Gasteiger partial charge >= 0.3 is 6.36 Å². The molecule has 0 spiro atoms. The van der Waals surface area contributed by atoms with Crippen LogP contribution in [0.3, 0.4) is 0 Å². The fourth-order valence-corrected chi connectivity index (χ4v) is 2.95. The van der Waals surface area contributed by atoms with Crippen molar-refractivity contribution in [1.82, 2.24) is 14.9 Å². The number of likely N-dealkylation sites (N-methyl/N-ethyl adjacent to an activating group) is 1. The van der Waals surface area contributed by atoms with Crippen LogP contribution in [-0.2, 0) is 0 Å². The molecule has 0 aliphatic rings. The first kappa shape index (κ1) is 23.4. The highest BCUT2D eigenvalue weighted by atomic mass is 35.5. The average Bonchev–Trinajstić information content (AvgIpc) is 2.69. The summed E-state index contributed by atoms with van der Waals surface area (Å²) < 4.78 is 41.9. The summed E-state index contributed by atoms with van der Waals surface area (Å²) >= 11 is 6.17. The van der Waals surface area contributed by atoms with Gasteiger partial charge in [-0.15, -0.1) is 13.2 Å². The van der Waals surface area contributed by atoms with Gasteiger partial charge in [-0.3, -0.25) is 0 Å². The van der Waals surface area contributed by atoms with Crippen molar-refractivity contribution in [1.29, 1.82) is 0 Å². The second-order valence-corrected chi connectivity index (χ2v) is 7.46. The van der Waals surface area contributed by atoms with E-state index in [2.05, 4.69) is 25.3 Å². The third-order valence-corrected chi connectivity index (χ3v) is 4.46. The Hall–Kier alpha value is -3.24. The first-order chi connectivity index (χ1) is 15.1. The Morgan fingerprint density at radius 1 is 1.09 bits per heavy atom. The van der Waals surface area contributed by atoms with Crippen LogP contribution in [0.2, 0.25) is 5.02 Å². The molecule has 0 bridgehead atoms. The molecule has 0 saturated carbocycles. The highest BCUT2D eigenvalue weighted by Gasteiger charge is 2.31. The molecule has 1 aromatic heterocycles. The van der Waals surface area contributed by atoms with Gasteiger partial charge in [0, 0.05) is 30.8 Å². The third-order valence-electron chi connectivity index (χ3n) is 4.15. The summed E-state index contributed by atoms with van der Waals surface area (Å²) in [6.45, 7) is 1.27. The lowest BCUT2D eigenvalue weighted by Gasteiger charge is -2.14. The van der Waals surface area contributed by atoms with E-state index in [9.17, 15) is 18.3 Å². The second kappa shape index (κ2) is 9.92. The molecule has 0 aliphatic heterocycles. The van der Waals surface area contributed by atoms with Crippen LogP contribution in [-0.4, -0.2) is 53.5 Å². The van der Waals surface area contributed by atoms with E-state index < -0.39 is 6.36 Å². The minimum atomic E-state index is -4.80. The molecular weight excluding hydrogens is 447 g/mol. The molecule has 0 atom stereocenters. The number of nitrogens with zero attached hydrogens (tertiary/aromatic N) is 3. The summed E-state index contributed by atoms with van der Waals surface area (Å²) in [4.78, 5) is 10.8. The number of phenols is 1. The molecule has 0 fully saturated rings. The molecule has 2 aromatic carbocycles. The Bertz CT molecular complexity index is 1080. The molecule has 0 amide bonds. The monoisotopic (exact) mass is 467 g/mol. The van der Waals surface area contributed by atoms with E-state index >= 15 is 0 Å². The fourth-order valence-electron chi connectivity index (χ4n) is 2.73. The summed E-state index contributed by atoms with van der Waals surface area (Å²) in [7, 11) is 3.84. The van der Waals surface area contributed by atoms with Crippen molar-refractivity contribution in [3.63, 3.8) is 0 Å². The zero-order chi connectivity index (χ0) is 23.3. The normalized spacial score (nSPS) is 11.5. The Morgan fingerprint density at radius 2 is 1.88 bits per heavy atom. The molecule has 170 valence electrons. The number of nitrogens with one attached hydrogen (secondary N) is 2. The van der Waals surface area contributed by atoms with E-state index in [4.69, 9.17) is 11.6 Å². The van der Waals surface area contributed by atoms with Gasteiger partial charge in [-0.05, 0) is 38.4 Å². The quantitative estimate of drug-likeness (QED) is 0.397. The SMILES string of the molecule is CN(C)CCNc1nc(Nc2ccc(O)cc2Cl)cc(-c2cccc(OC(F)(F)F)c2)n1. The van der Waals surface area contributed by atoms with Crippen LogP contribution in [0, 0.1) is 0 Å². The number of ether oxygens (including phenoxy) is 1. The van der Waals surface area contributed by atoms with Gasteiger partial charge < -0.3 is 25.4 Å². The summed E-state index contributed by atoms with van der Waals surface area (Å²) in [5, 5.41) is 16.0. The molecule has 3 rings (SSSR count). The van der Waals surface area contributed by atoms with Crippen LogP contribution in [0.1, 0.15) is 0 Å². The van der Waals surface area contributed by atoms with Crippen LogP contribution >= 0.6 is 11.6 Å². The van der Waals surface area contributed by atoms with Crippen LogP contribution in [0.15, 0.2) is 48.5 Å². The maximum Gasteiger partial charge on any atom is 0.573 e. The predicted molar refractivity (Wildman–Crippen MR) is 118 cm³/mol. The standard InChI is InChI=1S/C21H21ClF3N5O2/c1-30(2)9-8-26-20-28-18(13-4-3-5-15(10-13)32-21(23,24)25)12-19(29-20)27-17-7-6-14(31)11-16(17)22/h3-7,10-12,31H,8-9H2,1-2H3,(H2,26,27,28,29). The lowest BCUT2D eigenvalue weighted by atomic mass is 10.1. The Labute approximate surface area is 187 Å². The zero-order valence-corrected chi connectivity index (χ0v) is 18.0. The molecular formula is C21H21ClF3N5O2. The number of phenolic OH excluding ortho intramolecular Hbond substituents is 1. The van der Waals surface area contributed by atoms with E-state index in [0.717, 1.165) is 6.54 Å². The van der Waals surface area contributed by atoms with Crippen LogP contribution in [0.25, 0.3) is 11.3 Å². The number of benzene rings is 2. The van der Waals surface area contributed by atoms with E-state index in [1.165, 1.54) is 30.3 Å². The van der Waals surface area contributed by atoms with Crippen LogP contribution < -0.4 is 15.4 Å².